The minimum absolute atomic E-state index is 0.0979. The number of rotatable bonds is 2. The zero-order chi connectivity index (χ0) is 15.2. The first-order valence-corrected chi connectivity index (χ1v) is 8.89. The molecule has 0 aliphatic carbocycles. The third-order valence-electron chi connectivity index (χ3n) is 3.42. The fourth-order valence-corrected chi connectivity index (χ4v) is 5.06. The fourth-order valence-electron chi connectivity index (χ4n) is 2.34. The van der Waals surface area contributed by atoms with Crippen molar-refractivity contribution in [2.24, 2.45) is 0 Å². The lowest BCUT2D eigenvalue weighted by Crippen LogP contribution is -2.35. The highest BCUT2D eigenvalue weighted by atomic mass is 35.5. The first-order chi connectivity index (χ1) is 9.89. The van der Waals surface area contributed by atoms with Gasteiger partial charge in [-0.1, -0.05) is 11.6 Å². The molecule has 1 aromatic heterocycles. The molecule has 1 aliphatic rings. The van der Waals surface area contributed by atoms with Crippen molar-refractivity contribution in [1.82, 2.24) is 4.31 Å². The Bertz CT molecular complexity index is 804. The number of nitrogen functional groups attached to an aromatic ring is 1. The second-order valence-corrected chi connectivity index (χ2v) is 8.11. The maximum atomic E-state index is 14.1. The topological polar surface area (TPSA) is 63.4 Å². The predicted octanol–water partition coefficient (Wildman–Crippen LogP) is 2.87. The standard InChI is InChI=1S/C13H12ClFN2O2S2/c14-9-5-10(16)13(15)12(6-9)21(18,19)17-3-1-11-8(7-17)2-4-20-11/h2,4-6H,1,3,7,16H2. The van der Waals surface area contributed by atoms with Gasteiger partial charge in [-0.3, -0.25) is 0 Å². The molecule has 1 aliphatic heterocycles. The Morgan fingerprint density at radius 1 is 1.38 bits per heavy atom. The van der Waals surface area contributed by atoms with Gasteiger partial charge in [-0.25, -0.2) is 12.8 Å². The van der Waals surface area contributed by atoms with Crippen LogP contribution in [0.4, 0.5) is 10.1 Å². The molecule has 0 saturated heterocycles. The molecule has 0 fully saturated rings. The van der Waals surface area contributed by atoms with E-state index in [0.717, 1.165) is 11.6 Å². The summed E-state index contributed by atoms with van der Waals surface area (Å²) in [6.07, 6.45) is 0.629. The van der Waals surface area contributed by atoms with E-state index in [1.165, 1.54) is 15.2 Å². The Morgan fingerprint density at radius 2 is 2.14 bits per heavy atom. The van der Waals surface area contributed by atoms with Gasteiger partial charge in [-0.15, -0.1) is 11.3 Å². The van der Waals surface area contributed by atoms with Gasteiger partial charge in [0.15, 0.2) is 5.82 Å². The van der Waals surface area contributed by atoms with Crippen LogP contribution in [0.5, 0.6) is 0 Å². The summed E-state index contributed by atoms with van der Waals surface area (Å²) in [4.78, 5) is 0.707. The highest BCUT2D eigenvalue weighted by molar-refractivity contribution is 7.89. The summed E-state index contributed by atoms with van der Waals surface area (Å²) in [5, 5.41) is 2.03. The van der Waals surface area contributed by atoms with Crippen LogP contribution in [0.1, 0.15) is 10.4 Å². The van der Waals surface area contributed by atoms with E-state index in [9.17, 15) is 12.8 Å². The van der Waals surface area contributed by atoms with Gasteiger partial charge in [-0.2, -0.15) is 4.31 Å². The first-order valence-electron chi connectivity index (χ1n) is 6.19. The summed E-state index contributed by atoms with van der Waals surface area (Å²) in [5.41, 5.74) is 6.16. The van der Waals surface area contributed by atoms with Crippen LogP contribution >= 0.6 is 22.9 Å². The minimum Gasteiger partial charge on any atom is -0.396 e. The summed E-state index contributed by atoms with van der Waals surface area (Å²) < 4.78 is 40.6. The van der Waals surface area contributed by atoms with Crippen molar-refractivity contribution in [3.63, 3.8) is 0 Å². The van der Waals surface area contributed by atoms with Crippen LogP contribution in [0, 0.1) is 5.82 Å². The predicted molar refractivity (Wildman–Crippen MR) is 81.4 cm³/mol. The molecular formula is C13H12ClFN2O2S2. The van der Waals surface area contributed by atoms with Crippen LogP contribution in [0.25, 0.3) is 0 Å². The Labute approximate surface area is 131 Å². The van der Waals surface area contributed by atoms with Gasteiger partial charge in [0.05, 0.1) is 5.69 Å². The maximum absolute atomic E-state index is 14.1. The van der Waals surface area contributed by atoms with Gasteiger partial charge in [0.2, 0.25) is 10.0 Å². The molecule has 2 heterocycles. The van der Waals surface area contributed by atoms with E-state index < -0.39 is 20.7 Å². The number of sulfonamides is 1. The largest absolute Gasteiger partial charge is 0.396 e. The SMILES string of the molecule is Nc1cc(Cl)cc(S(=O)(=O)N2CCc3sccc3C2)c1F. The lowest BCUT2D eigenvalue weighted by atomic mass is 10.1. The molecule has 0 spiro atoms. The smallest absolute Gasteiger partial charge is 0.246 e. The Hall–Kier alpha value is -1.15. The summed E-state index contributed by atoms with van der Waals surface area (Å²) >= 11 is 7.41. The lowest BCUT2D eigenvalue weighted by molar-refractivity contribution is 0.391. The number of fused-ring (bicyclic) bond motifs is 1. The van der Waals surface area contributed by atoms with E-state index in [1.807, 2.05) is 11.4 Å². The Balaban J connectivity index is 2.03. The number of halogens is 2. The second kappa shape index (κ2) is 5.24. The number of hydrogen-bond donors (Lipinski definition) is 1. The Morgan fingerprint density at radius 3 is 2.90 bits per heavy atom. The monoisotopic (exact) mass is 346 g/mol. The number of nitrogens with two attached hydrogens (primary N) is 1. The van der Waals surface area contributed by atoms with E-state index in [0.29, 0.717) is 13.0 Å². The van der Waals surface area contributed by atoms with Crippen LogP contribution in [0.2, 0.25) is 5.02 Å². The summed E-state index contributed by atoms with van der Waals surface area (Å²) in [5.74, 6) is -0.949. The molecule has 0 amide bonds. The van der Waals surface area contributed by atoms with Crippen molar-refractivity contribution in [3.8, 4) is 0 Å². The molecule has 0 saturated carbocycles. The minimum atomic E-state index is -3.96. The van der Waals surface area contributed by atoms with E-state index in [4.69, 9.17) is 17.3 Å². The quantitative estimate of drug-likeness (QED) is 0.850. The number of nitrogens with zero attached hydrogens (tertiary/aromatic N) is 1. The number of hydrogen-bond acceptors (Lipinski definition) is 4. The summed E-state index contributed by atoms with van der Waals surface area (Å²) in [7, 11) is -3.96. The van der Waals surface area contributed by atoms with Crippen molar-refractivity contribution in [2.45, 2.75) is 17.9 Å². The molecule has 2 N–H and O–H groups in total. The highest BCUT2D eigenvalue weighted by Gasteiger charge is 2.31. The highest BCUT2D eigenvalue weighted by Crippen LogP contribution is 2.31. The molecule has 8 heteroatoms. The van der Waals surface area contributed by atoms with Gasteiger partial charge >= 0.3 is 0 Å². The number of benzene rings is 1. The van der Waals surface area contributed by atoms with Crippen LogP contribution < -0.4 is 5.73 Å². The maximum Gasteiger partial charge on any atom is 0.246 e. The van der Waals surface area contributed by atoms with Crippen molar-refractivity contribution < 1.29 is 12.8 Å². The average molecular weight is 347 g/mol. The van der Waals surface area contributed by atoms with Crippen LogP contribution in [0.15, 0.2) is 28.5 Å². The lowest BCUT2D eigenvalue weighted by Gasteiger charge is -2.26. The van der Waals surface area contributed by atoms with Crippen LogP contribution in [0.3, 0.4) is 0 Å². The van der Waals surface area contributed by atoms with E-state index in [-0.39, 0.29) is 17.3 Å². The third kappa shape index (κ3) is 2.55. The van der Waals surface area contributed by atoms with Gasteiger partial charge in [0, 0.05) is 23.0 Å². The normalized spacial score (nSPS) is 15.9. The van der Waals surface area contributed by atoms with Gasteiger partial charge in [-0.05, 0) is 35.6 Å². The molecule has 4 nitrogen and oxygen atoms in total. The molecule has 21 heavy (non-hydrogen) atoms. The van der Waals surface area contributed by atoms with Crippen molar-refractivity contribution >= 4 is 38.6 Å². The van der Waals surface area contributed by atoms with Gasteiger partial charge < -0.3 is 5.73 Å². The number of anilines is 1. The summed E-state index contributed by atoms with van der Waals surface area (Å²) in [6, 6.07) is 4.19. The molecule has 0 unspecified atom stereocenters. The third-order valence-corrected chi connectivity index (χ3v) is 6.51. The van der Waals surface area contributed by atoms with Crippen LogP contribution in [-0.2, 0) is 23.0 Å². The van der Waals surface area contributed by atoms with Crippen molar-refractivity contribution in [3.05, 3.63) is 44.9 Å². The molecule has 0 bridgehead atoms. The number of thiophene rings is 1. The molecule has 3 rings (SSSR count). The van der Waals surface area contributed by atoms with Gasteiger partial charge in [0.1, 0.15) is 4.90 Å². The van der Waals surface area contributed by atoms with Gasteiger partial charge in [0.25, 0.3) is 0 Å². The van der Waals surface area contributed by atoms with E-state index >= 15 is 0 Å². The molecule has 2 aromatic rings. The Kier molecular flexibility index (Phi) is 3.69. The van der Waals surface area contributed by atoms with Crippen LogP contribution in [-0.4, -0.2) is 19.3 Å². The van der Waals surface area contributed by atoms with Crippen molar-refractivity contribution in [1.29, 1.82) is 0 Å². The van der Waals surface area contributed by atoms with Crippen molar-refractivity contribution in [2.75, 3.05) is 12.3 Å². The summed E-state index contributed by atoms with van der Waals surface area (Å²) in [6.45, 7) is 0.564. The molecular weight excluding hydrogens is 335 g/mol. The first kappa shape index (κ1) is 14.8. The molecule has 112 valence electrons. The second-order valence-electron chi connectivity index (χ2n) is 4.76. The fraction of sp³-hybridized carbons (Fsp3) is 0.231. The van der Waals surface area contributed by atoms with E-state index in [1.54, 1.807) is 11.3 Å². The average Bonchev–Trinajstić information content (AvgIpc) is 2.89. The molecule has 0 radical (unpaired) electrons. The molecule has 0 atom stereocenters. The zero-order valence-electron chi connectivity index (χ0n) is 10.8. The van der Waals surface area contributed by atoms with E-state index in [2.05, 4.69) is 0 Å². The molecule has 1 aromatic carbocycles. The zero-order valence-corrected chi connectivity index (χ0v) is 13.2.